The van der Waals surface area contributed by atoms with Crippen molar-refractivity contribution in [2.24, 2.45) is 5.41 Å². The molecule has 2 N–H and O–H groups in total. The lowest BCUT2D eigenvalue weighted by Gasteiger charge is -2.32. The van der Waals surface area contributed by atoms with Crippen molar-refractivity contribution in [3.8, 4) is 5.75 Å². The first-order valence-electron chi connectivity index (χ1n) is 6.95. The van der Waals surface area contributed by atoms with Gasteiger partial charge in [-0.15, -0.1) is 0 Å². The van der Waals surface area contributed by atoms with E-state index in [4.69, 9.17) is 4.74 Å². The van der Waals surface area contributed by atoms with E-state index >= 15 is 0 Å². The number of amides is 1. The average Bonchev–Trinajstić information content (AvgIpc) is 2.87. The maximum atomic E-state index is 12.4. The quantitative estimate of drug-likeness (QED) is 0.854. The second kappa shape index (κ2) is 4.85. The normalized spacial score (nSPS) is 25.5. The van der Waals surface area contributed by atoms with Gasteiger partial charge in [-0.05, 0) is 50.1 Å². The maximum Gasteiger partial charge on any atom is 0.231 e. The number of benzene rings is 1. The van der Waals surface area contributed by atoms with Crippen molar-refractivity contribution >= 4 is 11.6 Å². The van der Waals surface area contributed by atoms with Crippen LogP contribution in [-0.2, 0) is 11.2 Å². The first kappa shape index (κ1) is 12.5. The van der Waals surface area contributed by atoms with Crippen LogP contribution in [0.1, 0.15) is 25.3 Å². The minimum atomic E-state index is -0.298. The highest BCUT2D eigenvalue weighted by atomic mass is 16.5. The fraction of sp³-hybridized carbons (Fsp3) is 0.533. The van der Waals surface area contributed by atoms with Crippen molar-refractivity contribution in [2.45, 2.75) is 26.2 Å². The summed E-state index contributed by atoms with van der Waals surface area (Å²) in [5.74, 6) is 1.06. The van der Waals surface area contributed by atoms with Gasteiger partial charge in [0.2, 0.25) is 5.91 Å². The van der Waals surface area contributed by atoms with Gasteiger partial charge in [0, 0.05) is 18.7 Å². The van der Waals surface area contributed by atoms with E-state index in [9.17, 15) is 4.79 Å². The zero-order chi connectivity index (χ0) is 13.3. The molecule has 0 spiro atoms. The molecule has 0 aromatic heterocycles. The van der Waals surface area contributed by atoms with Crippen molar-refractivity contribution in [1.82, 2.24) is 5.32 Å². The molecule has 1 unspecified atom stereocenters. The number of carbonyl (C=O) groups excluding carboxylic acids is 1. The third kappa shape index (κ3) is 2.45. The van der Waals surface area contributed by atoms with E-state index in [1.807, 2.05) is 25.1 Å². The van der Waals surface area contributed by atoms with Crippen LogP contribution in [0.15, 0.2) is 18.2 Å². The molecule has 0 bridgehead atoms. The zero-order valence-corrected chi connectivity index (χ0v) is 11.3. The average molecular weight is 260 g/mol. The summed E-state index contributed by atoms with van der Waals surface area (Å²) in [7, 11) is 0. The summed E-state index contributed by atoms with van der Waals surface area (Å²) < 4.78 is 5.47. The van der Waals surface area contributed by atoms with E-state index < -0.39 is 0 Å². The third-order valence-electron chi connectivity index (χ3n) is 4.09. The van der Waals surface area contributed by atoms with Crippen LogP contribution in [0.4, 0.5) is 5.69 Å². The summed E-state index contributed by atoms with van der Waals surface area (Å²) in [6, 6.07) is 5.89. The largest absolute Gasteiger partial charge is 0.493 e. The van der Waals surface area contributed by atoms with Gasteiger partial charge in [-0.1, -0.05) is 0 Å². The van der Waals surface area contributed by atoms with Crippen molar-refractivity contribution < 1.29 is 9.53 Å². The molecule has 2 aliphatic heterocycles. The zero-order valence-electron chi connectivity index (χ0n) is 11.3. The number of piperidine rings is 1. The van der Waals surface area contributed by atoms with E-state index in [0.717, 1.165) is 50.4 Å². The molecule has 1 aromatic rings. The van der Waals surface area contributed by atoms with Gasteiger partial charge < -0.3 is 15.4 Å². The Bertz CT molecular complexity index is 493. The van der Waals surface area contributed by atoms with Crippen molar-refractivity contribution in [3.05, 3.63) is 23.8 Å². The number of ether oxygens (including phenoxy) is 1. The molecule has 1 amide bonds. The van der Waals surface area contributed by atoms with Gasteiger partial charge in [-0.3, -0.25) is 4.79 Å². The Morgan fingerprint density at radius 3 is 3.16 bits per heavy atom. The van der Waals surface area contributed by atoms with Crippen LogP contribution in [-0.4, -0.2) is 25.6 Å². The lowest BCUT2D eigenvalue weighted by molar-refractivity contribution is -0.125. The molecule has 102 valence electrons. The summed E-state index contributed by atoms with van der Waals surface area (Å²) >= 11 is 0. The molecule has 1 fully saturated rings. The number of nitrogens with one attached hydrogen (secondary N) is 2. The van der Waals surface area contributed by atoms with E-state index in [1.54, 1.807) is 0 Å². The van der Waals surface area contributed by atoms with Crippen LogP contribution in [0.3, 0.4) is 0 Å². The molecule has 1 saturated heterocycles. The molecule has 1 aromatic carbocycles. The lowest BCUT2D eigenvalue weighted by atomic mass is 9.82. The van der Waals surface area contributed by atoms with Crippen LogP contribution in [0.2, 0.25) is 0 Å². The van der Waals surface area contributed by atoms with Crippen molar-refractivity contribution in [3.63, 3.8) is 0 Å². The van der Waals surface area contributed by atoms with Gasteiger partial charge in [0.1, 0.15) is 5.75 Å². The molecule has 1 atom stereocenters. The fourth-order valence-electron chi connectivity index (χ4n) is 2.80. The lowest BCUT2D eigenvalue weighted by Crippen LogP contribution is -2.46. The minimum absolute atomic E-state index is 0.110. The molecule has 0 saturated carbocycles. The highest BCUT2D eigenvalue weighted by molar-refractivity contribution is 5.95. The monoisotopic (exact) mass is 260 g/mol. The van der Waals surface area contributed by atoms with Crippen LogP contribution >= 0.6 is 0 Å². The topological polar surface area (TPSA) is 50.4 Å². The number of anilines is 1. The minimum Gasteiger partial charge on any atom is -0.493 e. The summed E-state index contributed by atoms with van der Waals surface area (Å²) in [6.07, 6.45) is 2.93. The van der Waals surface area contributed by atoms with Gasteiger partial charge in [0.15, 0.2) is 0 Å². The van der Waals surface area contributed by atoms with Crippen LogP contribution < -0.4 is 15.4 Å². The Morgan fingerprint density at radius 1 is 1.47 bits per heavy atom. The molecule has 2 heterocycles. The van der Waals surface area contributed by atoms with E-state index in [1.165, 1.54) is 5.56 Å². The summed E-state index contributed by atoms with van der Waals surface area (Å²) in [5.41, 5.74) is 1.76. The molecular formula is C15H20N2O2. The molecular weight excluding hydrogens is 240 g/mol. The Morgan fingerprint density at radius 2 is 2.37 bits per heavy atom. The van der Waals surface area contributed by atoms with Crippen LogP contribution in [0.5, 0.6) is 5.75 Å². The number of hydrogen-bond acceptors (Lipinski definition) is 3. The molecule has 2 aliphatic rings. The van der Waals surface area contributed by atoms with E-state index in [2.05, 4.69) is 10.6 Å². The highest BCUT2D eigenvalue weighted by Gasteiger charge is 2.34. The third-order valence-corrected chi connectivity index (χ3v) is 4.09. The van der Waals surface area contributed by atoms with Crippen molar-refractivity contribution in [1.29, 1.82) is 0 Å². The standard InChI is InChI=1S/C15H20N2O2/c1-15(6-2-7-16-10-15)14(18)17-12-3-4-13-11(9-12)5-8-19-13/h3-4,9,16H,2,5-8,10H2,1H3,(H,17,18). The van der Waals surface area contributed by atoms with Gasteiger partial charge in [0.05, 0.1) is 12.0 Å². The van der Waals surface area contributed by atoms with Gasteiger partial charge in [0.25, 0.3) is 0 Å². The molecule has 19 heavy (non-hydrogen) atoms. The van der Waals surface area contributed by atoms with Gasteiger partial charge >= 0.3 is 0 Å². The molecule has 0 aliphatic carbocycles. The Labute approximate surface area is 113 Å². The number of fused-ring (bicyclic) bond motifs is 1. The Hall–Kier alpha value is -1.55. The Kier molecular flexibility index (Phi) is 3.19. The van der Waals surface area contributed by atoms with Crippen LogP contribution in [0.25, 0.3) is 0 Å². The summed E-state index contributed by atoms with van der Waals surface area (Å²) in [4.78, 5) is 12.4. The summed E-state index contributed by atoms with van der Waals surface area (Å²) in [6.45, 7) is 4.55. The van der Waals surface area contributed by atoms with Crippen LogP contribution in [0, 0.1) is 5.41 Å². The number of hydrogen-bond donors (Lipinski definition) is 2. The molecule has 4 nitrogen and oxygen atoms in total. The van der Waals surface area contributed by atoms with E-state index in [-0.39, 0.29) is 11.3 Å². The van der Waals surface area contributed by atoms with Crippen molar-refractivity contribution in [2.75, 3.05) is 25.0 Å². The Balaban J connectivity index is 1.72. The number of carbonyl (C=O) groups is 1. The second-order valence-corrected chi connectivity index (χ2v) is 5.72. The van der Waals surface area contributed by atoms with Gasteiger partial charge in [-0.2, -0.15) is 0 Å². The predicted octanol–water partition coefficient (Wildman–Crippen LogP) is 1.95. The molecule has 3 rings (SSSR count). The fourth-order valence-corrected chi connectivity index (χ4v) is 2.80. The smallest absolute Gasteiger partial charge is 0.231 e. The number of rotatable bonds is 2. The highest BCUT2D eigenvalue weighted by Crippen LogP contribution is 2.30. The maximum absolute atomic E-state index is 12.4. The first-order chi connectivity index (χ1) is 9.17. The second-order valence-electron chi connectivity index (χ2n) is 5.72. The predicted molar refractivity (Wildman–Crippen MR) is 74.5 cm³/mol. The first-order valence-corrected chi connectivity index (χ1v) is 6.95. The summed E-state index contributed by atoms with van der Waals surface area (Å²) in [5, 5.41) is 6.35. The van der Waals surface area contributed by atoms with Gasteiger partial charge in [-0.25, -0.2) is 0 Å². The molecule has 4 heteroatoms. The SMILES string of the molecule is CC1(C(=O)Nc2ccc3c(c2)CCO3)CCCNC1. The van der Waals surface area contributed by atoms with E-state index in [0.29, 0.717) is 0 Å². The molecule has 0 radical (unpaired) electrons.